The molecule has 1 aromatic rings. The van der Waals surface area contributed by atoms with Crippen LogP contribution >= 0.6 is 23.2 Å². The van der Waals surface area contributed by atoms with Crippen LogP contribution in [0.25, 0.3) is 0 Å². The van der Waals surface area contributed by atoms with Crippen LogP contribution in [0.2, 0.25) is 5.02 Å². The highest BCUT2D eigenvalue weighted by molar-refractivity contribution is 6.32. The Bertz CT molecular complexity index is 384. The Morgan fingerprint density at radius 2 is 1.83 bits per heavy atom. The molecule has 0 bridgehead atoms. The summed E-state index contributed by atoms with van der Waals surface area (Å²) in [6.07, 6.45) is 8.00. The van der Waals surface area contributed by atoms with Crippen LogP contribution in [0.4, 0.5) is 5.69 Å². The predicted octanol–water partition coefficient (Wildman–Crippen LogP) is 5.24. The van der Waals surface area contributed by atoms with Gasteiger partial charge in [-0.3, -0.25) is 0 Å². The first-order valence-electron chi connectivity index (χ1n) is 6.80. The Kier molecular flexibility index (Phi) is 5.20. The van der Waals surface area contributed by atoms with E-state index in [1.165, 1.54) is 44.2 Å². The molecule has 0 spiro atoms. The third-order valence-electron chi connectivity index (χ3n) is 3.98. The van der Waals surface area contributed by atoms with E-state index in [9.17, 15) is 0 Å². The Balaban J connectivity index is 2.21. The second-order valence-corrected chi connectivity index (χ2v) is 5.80. The fourth-order valence-electron chi connectivity index (χ4n) is 2.85. The molecule has 0 saturated heterocycles. The van der Waals surface area contributed by atoms with E-state index in [-0.39, 0.29) is 0 Å². The zero-order valence-corrected chi connectivity index (χ0v) is 12.5. The van der Waals surface area contributed by atoms with Crippen molar-refractivity contribution in [2.24, 2.45) is 0 Å². The smallest absolute Gasteiger partial charge is 0.0509 e. The van der Waals surface area contributed by atoms with Gasteiger partial charge in [-0.2, -0.15) is 0 Å². The van der Waals surface area contributed by atoms with E-state index < -0.39 is 0 Å². The summed E-state index contributed by atoms with van der Waals surface area (Å²) >= 11 is 12.3. The van der Waals surface area contributed by atoms with Gasteiger partial charge in [-0.25, -0.2) is 0 Å². The van der Waals surface area contributed by atoms with Gasteiger partial charge in [-0.05, 0) is 25.0 Å². The fraction of sp³-hybridized carbons (Fsp3) is 0.600. The number of rotatable bonds is 3. The lowest BCUT2D eigenvalue weighted by molar-refractivity contribution is 0.552. The van der Waals surface area contributed by atoms with Crippen molar-refractivity contribution in [3.05, 3.63) is 28.8 Å². The molecule has 1 nitrogen and oxygen atoms in total. The highest BCUT2D eigenvalue weighted by Crippen LogP contribution is 2.32. The molecule has 1 aliphatic carbocycles. The highest BCUT2D eigenvalue weighted by atomic mass is 35.5. The molecule has 0 N–H and O–H groups in total. The van der Waals surface area contributed by atoms with Gasteiger partial charge in [0.25, 0.3) is 0 Å². The monoisotopic (exact) mass is 285 g/mol. The van der Waals surface area contributed by atoms with Crippen molar-refractivity contribution in [2.45, 2.75) is 50.4 Å². The Morgan fingerprint density at radius 1 is 1.17 bits per heavy atom. The third-order valence-corrected chi connectivity index (χ3v) is 4.60. The van der Waals surface area contributed by atoms with Crippen molar-refractivity contribution in [1.82, 2.24) is 0 Å². The van der Waals surface area contributed by atoms with Crippen molar-refractivity contribution in [3.63, 3.8) is 0 Å². The topological polar surface area (TPSA) is 3.24 Å². The van der Waals surface area contributed by atoms with Gasteiger partial charge < -0.3 is 4.90 Å². The molecule has 1 fully saturated rings. The number of nitrogens with zero attached hydrogens (tertiary/aromatic N) is 1. The summed E-state index contributed by atoms with van der Waals surface area (Å²) in [6.45, 7) is 0. The van der Waals surface area contributed by atoms with Crippen molar-refractivity contribution in [3.8, 4) is 0 Å². The number of hydrogen-bond donors (Lipinski definition) is 0. The molecule has 0 aromatic heterocycles. The molecule has 0 unspecified atom stereocenters. The van der Waals surface area contributed by atoms with Gasteiger partial charge in [0.1, 0.15) is 0 Å². The van der Waals surface area contributed by atoms with Crippen molar-refractivity contribution in [2.75, 3.05) is 11.9 Å². The molecule has 0 atom stereocenters. The van der Waals surface area contributed by atoms with E-state index in [1.54, 1.807) is 0 Å². The summed E-state index contributed by atoms with van der Waals surface area (Å²) in [5, 5.41) is 0.781. The first-order valence-corrected chi connectivity index (χ1v) is 7.71. The standard InChI is InChI=1S/C15H21Cl2N/c1-18(12-7-4-2-3-5-8-12)15-10-6-9-14(17)13(15)11-16/h6,9-10,12H,2-5,7-8,11H2,1H3. The lowest BCUT2D eigenvalue weighted by Gasteiger charge is -2.31. The summed E-state index contributed by atoms with van der Waals surface area (Å²) in [5.74, 6) is 0.478. The molecule has 3 heteroatoms. The van der Waals surface area contributed by atoms with Gasteiger partial charge in [0.15, 0.2) is 0 Å². The number of alkyl halides is 1. The molecule has 0 radical (unpaired) electrons. The third kappa shape index (κ3) is 3.13. The van der Waals surface area contributed by atoms with E-state index in [0.29, 0.717) is 11.9 Å². The molecule has 0 aliphatic heterocycles. The zero-order valence-electron chi connectivity index (χ0n) is 11.0. The maximum Gasteiger partial charge on any atom is 0.0509 e. The molecule has 18 heavy (non-hydrogen) atoms. The molecule has 1 aliphatic rings. The first-order chi connectivity index (χ1) is 8.74. The van der Waals surface area contributed by atoms with Gasteiger partial charge in [-0.1, -0.05) is 43.4 Å². The van der Waals surface area contributed by atoms with Crippen LogP contribution in [0.1, 0.15) is 44.1 Å². The summed E-state index contributed by atoms with van der Waals surface area (Å²) < 4.78 is 0. The number of halogens is 2. The zero-order chi connectivity index (χ0) is 13.0. The lowest BCUT2D eigenvalue weighted by Crippen LogP contribution is -2.31. The average molecular weight is 286 g/mol. The number of benzene rings is 1. The SMILES string of the molecule is CN(c1cccc(Cl)c1CCl)C1CCCCCC1. The largest absolute Gasteiger partial charge is 0.371 e. The van der Waals surface area contributed by atoms with E-state index >= 15 is 0 Å². The van der Waals surface area contributed by atoms with Crippen LogP contribution < -0.4 is 4.90 Å². The Labute approximate surface area is 120 Å². The van der Waals surface area contributed by atoms with Crippen LogP contribution in [0.15, 0.2) is 18.2 Å². The summed E-state index contributed by atoms with van der Waals surface area (Å²) in [6, 6.07) is 6.70. The van der Waals surface area contributed by atoms with E-state index in [2.05, 4.69) is 18.0 Å². The van der Waals surface area contributed by atoms with Crippen LogP contribution in [0.3, 0.4) is 0 Å². The van der Waals surface area contributed by atoms with Crippen molar-refractivity contribution in [1.29, 1.82) is 0 Å². The minimum atomic E-state index is 0.478. The maximum absolute atomic E-state index is 6.23. The summed E-state index contributed by atoms with van der Waals surface area (Å²) in [5.41, 5.74) is 2.26. The van der Waals surface area contributed by atoms with E-state index in [0.717, 1.165) is 10.6 Å². The normalized spacial score (nSPS) is 17.5. The maximum atomic E-state index is 6.23. The van der Waals surface area contributed by atoms with Gasteiger partial charge in [0.2, 0.25) is 0 Å². The lowest BCUT2D eigenvalue weighted by atomic mass is 10.1. The predicted molar refractivity (Wildman–Crippen MR) is 80.9 cm³/mol. The van der Waals surface area contributed by atoms with Crippen LogP contribution in [0.5, 0.6) is 0 Å². The molecule has 2 rings (SSSR count). The molecule has 0 heterocycles. The fourth-order valence-corrected chi connectivity index (χ4v) is 3.44. The second-order valence-electron chi connectivity index (χ2n) is 5.13. The van der Waals surface area contributed by atoms with Gasteiger partial charge in [0, 0.05) is 29.4 Å². The molecular formula is C15H21Cl2N. The highest BCUT2D eigenvalue weighted by Gasteiger charge is 2.19. The number of hydrogen-bond acceptors (Lipinski definition) is 1. The quantitative estimate of drug-likeness (QED) is 0.542. The van der Waals surface area contributed by atoms with Crippen LogP contribution in [0, 0.1) is 0 Å². The van der Waals surface area contributed by atoms with Gasteiger partial charge in [0.05, 0.1) is 5.88 Å². The summed E-state index contributed by atoms with van der Waals surface area (Å²) in [7, 11) is 2.18. The number of anilines is 1. The molecular weight excluding hydrogens is 265 g/mol. The van der Waals surface area contributed by atoms with Gasteiger partial charge >= 0.3 is 0 Å². The average Bonchev–Trinajstić information content (AvgIpc) is 2.66. The summed E-state index contributed by atoms with van der Waals surface area (Å²) in [4.78, 5) is 2.38. The molecule has 100 valence electrons. The second kappa shape index (κ2) is 6.68. The Hall–Kier alpha value is -0.400. The Morgan fingerprint density at radius 3 is 2.44 bits per heavy atom. The molecule has 0 amide bonds. The van der Waals surface area contributed by atoms with Crippen LogP contribution in [-0.2, 0) is 5.88 Å². The molecule has 1 aromatic carbocycles. The minimum absolute atomic E-state index is 0.478. The first kappa shape index (κ1) is 14.0. The van der Waals surface area contributed by atoms with E-state index in [4.69, 9.17) is 23.2 Å². The van der Waals surface area contributed by atoms with Gasteiger partial charge in [-0.15, -0.1) is 11.6 Å². The van der Waals surface area contributed by atoms with Crippen molar-refractivity contribution >= 4 is 28.9 Å². The van der Waals surface area contributed by atoms with E-state index in [1.807, 2.05) is 12.1 Å². The van der Waals surface area contributed by atoms with Crippen molar-refractivity contribution < 1.29 is 0 Å². The molecule has 1 saturated carbocycles. The van der Waals surface area contributed by atoms with Crippen LogP contribution in [-0.4, -0.2) is 13.1 Å². The minimum Gasteiger partial charge on any atom is -0.371 e.